The first-order valence-corrected chi connectivity index (χ1v) is 5.69. The number of rotatable bonds is 4. The van der Waals surface area contributed by atoms with Crippen LogP contribution in [0.5, 0.6) is 5.75 Å². The maximum Gasteiger partial charge on any atom is 0.150 e. The molecule has 0 heterocycles. The molecule has 0 bridgehead atoms. The van der Waals surface area contributed by atoms with Gasteiger partial charge in [-0.1, -0.05) is 0 Å². The summed E-state index contributed by atoms with van der Waals surface area (Å²) in [5.41, 5.74) is 0.616. The van der Waals surface area contributed by atoms with Crippen LogP contribution in [0.1, 0.15) is 21.5 Å². The molecule has 0 amide bonds. The fourth-order valence-electron chi connectivity index (χ4n) is 1.65. The molecule has 3 nitrogen and oxygen atoms in total. The van der Waals surface area contributed by atoms with Gasteiger partial charge in [-0.2, -0.15) is 5.26 Å². The maximum absolute atomic E-state index is 13.5. The number of carbonyl (C=O) groups excluding carboxylic acids is 1. The van der Waals surface area contributed by atoms with E-state index in [1.165, 1.54) is 24.3 Å². The molecule has 5 heteroatoms. The van der Waals surface area contributed by atoms with Gasteiger partial charge in [0.15, 0.2) is 0 Å². The number of nitriles is 1. The lowest BCUT2D eigenvalue weighted by Gasteiger charge is -2.08. The Morgan fingerprint density at radius 2 is 2.00 bits per heavy atom. The van der Waals surface area contributed by atoms with Gasteiger partial charge in [0.2, 0.25) is 0 Å². The summed E-state index contributed by atoms with van der Waals surface area (Å²) in [6, 6.07) is 9.28. The number of ether oxygens (including phenoxy) is 1. The predicted octanol–water partition coefficient (Wildman–Crippen LogP) is 3.23. The fourth-order valence-corrected chi connectivity index (χ4v) is 1.65. The quantitative estimate of drug-likeness (QED) is 0.803. The Kier molecular flexibility index (Phi) is 4.06. The minimum Gasteiger partial charge on any atom is -0.489 e. The van der Waals surface area contributed by atoms with Gasteiger partial charge in [-0.25, -0.2) is 8.78 Å². The second kappa shape index (κ2) is 5.93. The van der Waals surface area contributed by atoms with Crippen molar-refractivity contribution in [1.29, 1.82) is 5.26 Å². The molecular weight excluding hydrogens is 264 g/mol. The molecule has 0 saturated carbocycles. The van der Waals surface area contributed by atoms with Gasteiger partial charge in [0.1, 0.15) is 30.3 Å². The molecule has 0 N–H and O–H groups in total. The van der Waals surface area contributed by atoms with Crippen molar-refractivity contribution in [2.75, 3.05) is 0 Å². The van der Waals surface area contributed by atoms with E-state index in [1.807, 2.05) is 6.07 Å². The number of hydrogen-bond acceptors (Lipinski definition) is 3. The second-order valence-electron chi connectivity index (χ2n) is 4.04. The molecule has 2 aromatic carbocycles. The Morgan fingerprint density at radius 3 is 2.70 bits per heavy atom. The highest BCUT2D eigenvalue weighted by atomic mass is 19.1. The van der Waals surface area contributed by atoms with Gasteiger partial charge in [0.25, 0.3) is 0 Å². The van der Waals surface area contributed by atoms with Crippen LogP contribution in [0.3, 0.4) is 0 Å². The van der Waals surface area contributed by atoms with E-state index in [2.05, 4.69) is 0 Å². The smallest absolute Gasteiger partial charge is 0.150 e. The van der Waals surface area contributed by atoms with Crippen molar-refractivity contribution in [1.82, 2.24) is 0 Å². The molecular formula is C15H9F2NO2. The molecule has 100 valence electrons. The van der Waals surface area contributed by atoms with Crippen molar-refractivity contribution in [2.24, 2.45) is 0 Å². The SMILES string of the molecule is N#Cc1ccc(F)c(COc2cc(F)cc(C=O)c2)c1. The number of benzene rings is 2. The van der Waals surface area contributed by atoms with Gasteiger partial charge in [-0.05, 0) is 30.3 Å². The molecule has 0 atom stereocenters. The Morgan fingerprint density at radius 1 is 1.20 bits per heavy atom. The zero-order chi connectivity index (χ0) is 14.5. The molecule has 0 aliphatic carbocycles. The van der Waals surface area contributed by atoms with Gasteiger partial charge in [-0.3, -0.25) is 4.79 Å². The van der Waals surface area contributed by atoms with Crippen LogP contribution >= 0.6 is 0 Å². The lowest BCUT2D eigenvalue weighted by molar-refractivity contribution is 0.112. The van der Waals surface area contributed by atoms with Crippen molar-refractivity contribution >= 4 is 6.29 Å². The first-order chi connectivity index (χ1) is 9.62. The van der Waals surface area contributed by atoms with Gasteiger partial charge < -0.3 is 4.74 Å². The Hall–Kier alpha value is -2.74. The third-order valence-electron chi connectivity index (χ3n) is 2.60. The summed E-state index contributed by atoms with van der Waals surface area (Å²) in [7, 11) is 0. The predicted molar refractivity (Wildman–Crippen MR) is 67.2 cm³/mol. The maximum atomic E-state index is 13.5. The van der Waals surface area contributed by atoms with E-state index in [0.29, 0.717) is 11.8 Å². The normalized spacial score (nSPS) is 9.85. The van der Waals surface area contributed by atoms with Crippen molar-refractivity contribution in [2.45, 2.75) is 6.61 Å². The molecule has 0 unspecified atom stereocenters. The molecule has 2 aromatic rings. The largest absolute Gasteiger partial charge is 0.489 e. The van der Waals surface area contributed by atoms with Crippen LogP contribution < -0.4 is 4.74 Å². The number of nitrogens with zero attached hydrogens (tertiary/aromatic N) is 1. The zero-order valence-electron chi connectivity index (χ0n) is 10.3. The van der Waals surface area contributed by atoms with Crippen LogP contribution in [0.4, 0.5) is 8.78 Å². The first kappa shape index (κ1) is 13.7. The molecule has 0 fully saturated rings. The van der Waals surface area contributed by atoms with E-state index >= 15 is 0 Å². The van der Waals surface area contributed by atoms with Crippen LogP contribution in [0.25, 0.3) is 0 Å². The van der Waals surface area contributed by atoms with Crippen molar-refractivity contribution in [3.8, 4) is 11.8 Å². The average Bonchev–Trinajstić information content (AvgIpc) is 2.45. The lowest BCUT2D eigenvalue weighted by atomic mass is 10.1. The van der Waals surface area contributed by atoms with Crippen molar-refractivity contribution < 1.29 is 18.3 Å². The molecule has 0 aliphatic heterocycles. The van der Waals surface area contributed by atoms with Crippen LogP contribution in [0, 0.1) is 23.0 Å². The van der Waals surface area contributed by atoms with Gasteiger partial charge >= 0.3 is 0 Å². The van der Waals surface area contributed by atoms with Crippen molar-refractivity contribution in [3.63, 3.8) is 0 Å². The van der Waals surface area contributed by atoms with E-state index in [9.17, 15) is 13.6 Å². The summed E-state index contributed by atoms with van der Waals surface area (Å²) in [6.45, 7) is -0.164. The third kappa shape index (κ3) is 3.18. The van der Waals surface area contributed by atoms with E-state index < -0.39 is 11.6 Å². The molecule has 0 aliphatic rings. The van der Waals surface area contributed by atoms with Crippen LogP contribution in [0.2, 0.25) is 0 Å². The Balaban J connectivity index is 2.18. The number of halogens is 2. The zero-order valence-corrected chi connectivity index (χ0v) is 10.3. The van der Waals surface area contributed by atoms with Gasteiger partial charge in [-0.15, -0.1) is 0 Å². The molecule has 0 saturated heterocycles. The first-order valence-electron chi connectivity index (χ1n) is 5.69. The Bertz CT molecular complexity index is 693. The Labute approximate surface area is 114 Å². The monoisotopic (exact) mass is 273 g/mol. The second-order valence-corrected chi connectivity index (χ2v) is 4.04. The molecule has 2 rings (SSSR count). The fraction of sp³-hybridized carbons (Fsp3) is 0.0667. The van der Waals surface area contributed by atoms with Crippen LogP contribution in [-0.4, -0.2) is 6.29 Å². The van der Waals surface area contributed by atoms with E-state index in [-0.39, 0.29) is 23.5 Å². The standard InChI is InChI=1S/C15H9F2NO2/c16-13-4-11(8-19)5-14(6-13)20-9-12-3-10(7-18)1-2-15(12)17/h1-6,8H,9H2. The lowest BCUT2D eigenvalue weighted by Crippen LogP contribution is -2.00. The molecule has 0 aromatic heterocycles. The minimum absolute atomic E-state index is 0.119. The number of aldehydes is 1. The molecule has 0 radical (unpaired) electrons. The number of carbonyl (C=O) groups is 1. The highest BCUT2D eigenvalue weighted by Gasteiger charge is 2.06. The minimum atomic E-state index is -0.615. The van der Waals surface area contributed by atoms with Gasteiger partial charge in [0.05, 0.1) is 11.6 Å². The highest BCUT2D eigenvalue weighted by molar-refractivity contribution is 5.75. The van der Waals surface area contributed by atoms with Gasteiger partial charge in [0, 0.05) is 17.2 Å². The van der Waals surface area contributed by atoms with Crippen LogP contribution in [-0.2, 0) is 6.61 Å². The summed E-state index contributed by atoms with van der Waals surface area (Å²) in [4.78, 5) is 10.6. The van der Waals surface area contributed by atoms with Crippen molar-refractivity contribution in [3.05, 3.63) is 64.7 Å². The summed E-state index contributed by atoms with van der Waals surface area (Å²) < 4.78 is 31.9. The molecule has 0 spiro atoms. The molecule has 20 heavy (non-hydrogen) atoms. The summed E-state index contributed by atoms with van der Waals surface area (Å²) in [5, 5.41) is 8.74. The average molecular weight is 273 g/mol. The van der Waals surface area contributed by atoms with E-state index in [1.54, 1.807) is 0 Å². The van der Waals surface area contributed by atoms with E-state index in [4.69, 9.17) is 10.00 Å². The van der Waals surface area contributed by atoms with Crippen LogP contribution in [0.15, 0.2) is 36.4 Å². The highest BCUT2D eigenvalue weighted by Crippen LogP contribution is 2.18. The summed E-state index contributed by atoms with van der Waals surface area (Å²) >= 11 is 0. The third-order valence-corrected chi connectivity index (χ3v) is 2.60. The van der Waals surface area contributed by atoms with E-state index in [0.717, 1.165) is 12.1 Å². The topological polar surface area (TPSA) is 50.1 Å². The summed E-state index contributed by atoms with van der Waals surface area (Å²) in [5.74, 6) is -1.01. The number of hydrogen-bond donors (Lipinski definition) is 0. The summed E-state index contributed by atoms with van der Waals surface area (Å²) in [6.07, 6.45) is 0.493.